The Morgan fingerprint density at radius 1 is 1.40 bits per heavy atom. The van der Waals surface area contributed by atoms with Gasteiger partial charge in [0, 0.05) is 12.3 Å². The molecule has 0 heterocycles. The summed E-state index contributed by atoms with van der Waals surface area (Å²) in [5.74, 6) is 6.89. The summed E-state index contributed by atoms with van der Waals surface area (Å²) in [5, 5.41) is 0. The van der Waals surface area contributed by atoms with Crippen LogP contribution < -0.4 is 0 Å². The Bertz CT molecular complexity index is 114. The Labute approximate surface area is 65.0 Å². The molecule has 1 atom stereocenters. The molecule has 0 aromatic rings. The van der Waals surface area contributed by atoms with Crippen LogP contribution in [0.25, 0.3) is 0 Å². The smallest absolute Gasteiger partial charge is 0.0174 e. The molecular formula is C10H18. The van der Waals surface area contributed by atoms with Crippen LogP contribution in [0.3, 0.4) is 0 Å². The number of rotatable bonds is 0. The van der Waals surface area contributed by atoms with Gasteiger partial charge in [0.15, 0.2) is 0 Å². The standard InChI is InChI=1S/C7H10.C3H8/c1-7-5-3-2-4-6-7;1-3-2/h7H,2-3,5H2,1H3;3H2,1-2H3. The maximum atomic E-state index is 3.13. The summed E-state index contributed by atoms with van der Waals surface area (Å²) in [5.41, 5.74) is 0. The van der Waals surface area contributed by atoms with Gasteiger partial charge in [-0.1, -0.05) is 27.2 Å². The first-order valence-electron chi connectivity index (χ1n) is 4.29. The van der Waals surface area contributed by atoms with Crippen molar-refractivity contribution >= 4 is 0 Å². The van der Waals surface area contributed by atoms with Crippen molar-refractivity contribution in [3.8, 4) is 11.8 Å². The highest BCUT2D eigenvalue weighted by Gasteiger charge is 1.98. The van der Waals surface area contributed by atoms with E-state index in [1.807, 2.05) is 0 Å². The first-order valence-corrected chi connectivity index (χ1v) is 4.29. The number of hydrogen-bond acceptors (Lipinski definition) is 0. The van der Waals surface area contributed by atoms with Gasteiger partial charge in [-0.25, -0.2) is 0 Å². The van der Waals surface area contributed by atoms with E-state index in [2.05, 4.69) is 32.6 Å². The summed E-state index contributed by atoms with van der Waals surface area (Å²) < 4.78 is 0. The molecule has 10 heavy (non-hydrogen) atoms. The highest BCUT2D eigenvalue weighted by Crippen LogP contribution is 2.09. The third kappa shape index (κ3) is 5.69. The normalized spacial score (nSPS) is 21.7. The van der Waals surface area contributed by atoms with Crippen LogP contribution in [0.1, 0.15) is 46.5 Å². The summed E-state index contributed by atoms with van der Waals surface area (Å²) in [7, 11) is 0. The fourth-order valence-corrected chi connectivity index (χ4v) is 0.815. The Morgan fingerprint density at radius 2 is 2.00 bits per heavy atom. The summed E-state index contributed by atoms with van der Waals surface area (Å²) in [6.45, 7) is 6.44. The highest BCUT2D eigenvalue weighted by molar-refractivity contribution is 5.05. The SMILES string of the molecule is CC1C#CCCC1.CCC. The van der Waals surface area contributed by atoms with Crippen LogP contribution in [-0.2, 0) is 0 Å². The van der Waals surface area contributed by atoms with Crippen molar-refractivity contribution < 1.29 is 0 Å². The van der Waals surface area contributed by atoms with Gasteiger partial charge in [-0.15, -0.1) is 11.8 Å². The lowest BCUT2D eigenvalue weighted by Gasteiger charge is -2.04. The summed E-state index contributed by atoms with van der Waals surface area (Å²) in [4.78, 5) is 0. The van der Waals surface area contributed by atoms with Crippen molar-refractivity contribution in [2.45, 2.75) is 46.5 Å². The van der Waals surface area contributed by atoms with E-state index in [4.69, 9.17) is 0 Å². The van der Waals surface area contributed by atoms with E-state index in [1.54, 1.807) is 0 Å². The van der Waals surface area contributed by atoms with E-state index in [0.717, 1.165) is 6.42 Å². The predicted molar refractivity (Wildman–Crippen MR) is 46.8 cm³/mol. The van der Waals surface area contributed by atoms with E-state index in [-0.39, 0.29) is 0 Å². The minimum absolute atomic E-state index is 0.675. The van der Waals surface area contributed by atoms with Gasteiger partial charge in [0.25, 0.3) is 0 Å². The Hall–Kier alpha value is -0.440. The quantitative estimate of drug-likeness (QED) is 0.451. The van der Waals surface area contributed by atoms with Crippen LogP contribution in [0.5, 0.6) is 0 Å². The van der Waals surface area contributed by atoms with Crippen LogP contribution in [-0.4, -0.2) is 0 Å². The molecule has 0 radical (unpaired) electrons. The first kappa shape index (κ1) is 9.56. The molecule has 0 bridgehead atoms. The molecule has 0 aromatic heterocycles. The molecule has 0 saturated heterocycles. The second kappa shape index (κ2) is 6.68. The van der Waals surface area contributed by atoms with Gasteiger partial charge in [0.1, 0.15) is 0 Å². The minimum atomic E-state index is 0.675. The van der Waals surface area contributed by atoms with Crippen molar-refractivity contribution in [1.82, 2.24) is 0 Å². The lowest BCUT2D eigenvalue weighted by Crippen LogP contribution is -1.93. The van der Waals surface area contributed by atoms with Gasteiger partial charge in [-0.2, -0.15) is 0 Å². The van der Waals surface area contributed by atoms with E-state index in [9.17, 15) is 0 Å². The topological polar surface area (TPSA) is 0 Å². The summed E-state index contributed by atoms with van der Waals surface area (Å²) >= 11 is 0. The molecule has 1 rings (SSSR count). The largest absolute Gasteiger partial charge is 0.103 e. The van der Waals surface area contributed by atoms with Crippen LogP contribution >= 0.6 is 0 Å². The van der Waals surface area contributed by atoms with E-state index < -0.39 is 0 Å². The van der Waals surface area contributed by atoms with Gasteiger partial charge in [0.05, 0.1) is 0 Å². The molecular weight excluding hydrogens is 120 g/mol. The molecule has 0 aromatic carbocycles. The third-order valence-electron chi connectivity index (χ3n) is 1.29. The monoisotopic (exact) mass is 138 g/mol. The Kier molecular flexibility index (Phi) is 6.38. The van der Waals surface area contributed by atoms with Crippen LogP contribution in [0, 0.1) is 17.8 Å². The molecule has 1 unspecified atom stereocenters. The molecule has 0 amide bonds. The van der Waals surface area contributed by atoms with Crippen molar-refractivity contribution in [3.05, 3.63) is 0 Å². The lowest BCUT2D eigenvalue weighted by molar-refractivity contribution is 0.616. The molecule has 0 aliphatic heterocycles. The third-order valence-corrected chi connectivity index (χ3v) is 1.29. The van der Waals surface area contributed by atoms with Gasteiger partial charge in [-0.05, 0) is 12.8 Å². The molecule has 0 heteroatoms. The molecule has 0 saturated carbocycles. The molecule has 58 valence electrons. The van der Waals surface area contributed by atoms with Crippen molar-refractivity contribution in [2.75, 3.05) is 0 Å². The molecule has 0 spiro atoms. The van der Waals surface area contributed by atoms with Crippen LogP contribution in [0.15, 0.2) is 0 Å². The van der Waals surface area contributed by atoms with Crippen molar-refractivity contribution in [2.24, 2.45) is 5.92 Å². The summed E-state index contributed by atoms with van der Waals surface area (Å²) in [6.07, 6.45) is 5.01. The average molecular weight is 138 g/mol. The molecule has 1 aliphatic carbocycles. The zero-order valence-electron chi connectivity index (χ0n) is 7.41. The van der Waals surface area contributed by atoms with Gasteiger partial charge >= 0.3 is 0 Å². The van der Waals surface area contributed by atoms with E-state index >= 15 is 0 Å². The fraction of sp³-hybridized carbons (Fsp3) is 0.800. The Balaban J connectivity index is 0.000000236. The first-order chi connectivity index (χ1) is 4.81. The van der Waals surface area contributed by atoms with E-state index in [1.165, 1.54) is 19.3 Å². The maximum Gasteiger partial charge on any atom is 0.0174 e. The van der Waals surface area contributed by atoms with Gasteiger partial charge < -0.3 is 0 Å². The molecule has 0 N–H and O–H groups in total. The second-order valence-electron chi connectivity index (χ2n) is 2.82. The highest BCUT2D eigenvalue weighted by atomic mass is 14.0. The van der Waals surface area contributed by atoms with Crippen LogP contribution in [0.2, 0.25) is 0 Å². The zero-order valence-corrected chi connectivity index (χ0v) is 7.41. The molecule has 1 aliphatic rings. The second-order valence-corrected chi connectivity index (χ2v) is 2.82. The zero-order chi connectivity index (χ0) is 7.82. The fourth-order valence-electron chi connectivity index (χ4n) is 0.815. The van der Waals surface area contributed by atoms with Crippen molar-refractivity contribution in [1.29, 1.82) is 0 Å². The molecule has 0 fully saturated rings. The maximum absolute atomic E-state index is 3.13. The average Bonchev–Trinajstić information content (AvgIpc) is 1.91. The lowest BCUT2D eigenvalue weighted by atomic mass is 10.0. The summed E-state index contributed by atoms with van der Waals surface area (Å²) in [6, 6.07) is 0. The minimum Gasteiger partial charge on any atom is -0.103 e. The van der Waals surface area contributed by atoms with Gasteiger partial charge in [-0.3, -0.25) is 0 Å². The van der Waals surface area contributed by atoms with Gasteiger partial charge in [0.2, 0.25) is 0 Å². The number of hydrogen-bond donors (Lipinski definition) is 0. The van der Waals surface area contributed by atoms with Crippen LogP contribution in [0.4, 0.5) is 0 Å². The molecule has 0 nitrogen and oxygen atoms in total. The van der Waals surface area contributed by atoms with Crippen molar-refractivity contribution in [3.63, 3.8) is 0 Å². The predicted octanol–water partition coefficient (Wildman–Crippen LogP) is 3.23. The van der Waals surface area contributed by atoms with E-state index in [0.29, 0.717) is 5.92 Å². The Morgan fingerprint density at radius 3 is 2.20 bits per heavy atom.